The van der Waals surface area contributed by atoms with Crippen molar-refractivity contribution in [1.82, 2.24) is 0 Å². The summed E-state index contributed by atoms with van der Waals surface area (Å²) in [6.07, 6.45) is 4.53. The molecule has 0 radical (unpaired) electrons. The minimum Gasteiger partial charge on any atom is -0.0760 e. The molecule has 0 spiro atoms. The van der Waals surface area contributed by atoms with Crippen LogP contribution in [-0.4, -0.2) is 0 Å². The zero-order chi connectivity index (χ0) is 11.7. The van der Waals surface area contributed by atoms with Gasteiger partial charge in [0.25, 0.3) is 0 Å². The van der Waals surface area contributed by atoms with Crippen molar-refractivity contribution in [3.63, 3.8) is 0 Å². The summed E-state index contributed by atoms with van der Waals surface area (Å²) in [7, 11) is 0. The molecule has 3 rings (SSSR count). The lowest BCUT2D eigenvalue weighted by molar-refractivity contribution is 1.08. The Kier molecular flexibility index (Phi) is 2.56. The van der Waals surface area contributed by atoms with Crippen LogP contribution in [0.5, 0.6) is 0 Å². The van der Waals surface area contributed by atoms with Gasteiger partial charge in [0, 0.05) is 0 Å². The first kappa shape index (κ1) is 10.3. The van der Waals surface area contributed by atoms with Crippen molar-refractivity contribution < 1.29 is 0 Å². The van der Waals surface area contributed by atoms with Crippen molar-refractivity contribution in [3.05, 3.63) is 76.9 Å². The highest BCUT2D eigenvalue weighted by atomic mass is 14.2. The Hall–Kier alpha value is -1.82. The summed E-state index contributed by atoms with van der Waals surface area (Å²) in [5, 5.41) is 0. The van der Waals surface area contributed by atoms with Crippen LogP contribution in [0, 0.1) is 6.92 Å². The summed E-state index contributed by atoms with van der Waals surface area (Å²) in [6.45, 7) is 2.21. The van der Waals surface area contributed by atoms with E-state index in [1.165, 1.54) is 27.8 Å². The van der Waals surface area contributed by atoms with Crippen LogP contribution < -0.4 is 0 Å². The molecule has 1 aliphatic rings. The molecule has 0 unspecified atom stereocenters. The van der Waals surface area contributed by atoms with Gasteiger partial charge < -0.3 is 0 Å². The van der Waals surface area contributed by atoms with Gasteiger partial charge in [-0.1, -0.05) is 54.6 Å². The van der Waals surface area contributed by atoms with E-state index < -0.39 is 0 Å². The van der Waals surface area contributed by atoms with Gasteiger partial charge in [-0.15, -0.1) is 0 Å². The predicted octanol–water partition coefficient (Wildman–Crippen LogP) is 4.18. The molecular weight excluding hydrogens is 204 g/mol. The topological polar surface area (TPSA) is 0 Å². The van der Waals surface area contributed by atoms with Gasteiger partial charge in [-0.25, -0.2) is 0 Å². The molecule has 2 aromatic carbocycles. The van der Waals surface area contributed by atoms with Gasteiger partial charge >= 0.3 is 0 Å². The molecule has 0 amide bonds. The largest absolute Gasteiger partial charge is 0.0760 e. The molecule has 0 aliphatic heterocycles. The van der Waals surface area contributed by atoms with E-state index in [0.717, 1.165) is 12.8 Å². The number of hydrogen-bond acceptors (Lipinski definition) is 0. The molecule has 0 atom stereocenters. The number of rotatable bonds is 1. The van der Waals surface area contributed by atoms with Crippen LogP contribution in [0.15, 0.2) is 54.6 Å². The smallest absolute Gasteiger partial charge is 0.00199 e. The Labute approximate surface area is 103 Å². The van der Waals surface area contributed by atoms with Gasteiger partial charge in [0.15, 0.2) is 0 Å². The third kappa shape index (κ3) is 1.91. The molecule has 0 saturated heterocycles. The number of benzene rings is 2. The molecule has 0 bridgehead atoms. The van der Waals surface area contributed by atoms with Crippen LogP contribution in [0.2, 0.25) is 0 Å². The summed E-state index contributed by atoms with van der Waals surface area (Å²) >= 11 is 0. The van der Waals surface area contributed by atoms with Crippen molar-refractivity contribution in [3.8, 4) is 0 Å². The summed E-state index contributed by atoms with van der Waals surface area (Å²) in [6, 6.07) is 17.3. The number of aryl methyl sites for hydroxylation is 1. The van der Waals surface area contributed by atoms with Crippen molar-refractivity contribution in [2.45, 2.75) is 19.8 Å². The molecule has 0 nitrogen and oxygen atoms in total. The van der Waals surface area contributed by atoms with E-state index in [9.17, 15) is 0 Å². The maximum absolute atomic E-state index is 2.38. The second-order valence-electron chi connectivity index (χ2n) is 4.69. The lowest BCUT2D eigenvalue weighted by Gasteiger charge is -2.19. The van der Waals surface area contributed by atoms with Crippen molar-refractivity contribution in [1.29, 1.82) is 0 Å². The van der Waals surface area contributed by atoms with Gasteiger partial charge in [-0.2, -0.15) is 0 Å². The fraction of sp³-hybridized carbons (Fsp3) is 0.176. The molecule has 0 N–H and O–H groups in total. The number of allylic oxidation sites excluding steroid dienone is 2. The van der Waals surface area contributed by atoms with Gasteiger partial charge in [0.05, 0.1) is 0 Å². The fourth-order valence-corrected chi connectivity index (χ4v) is 2.60. The molecule has 0 aromatic heterocycles. The van der Waals surface area contributed by atoms with Crippen LogP contribution in [0.4, 0.5) is 0 Å². The maximum atomic E-state index is 2.38. The van der Waals surface area contributed by atoms with Crippen molar-refractivity contribution >= 4 is 5.57 Å². The molecule has 0 fully saturated rings. The van der Waals surface area contributed by atoms with E-state index in [1.54, 1.807) is 0 Å². The predicted molar refractivity (Wildman–Crippen MR) is 73.0 cm³/mol. The Morgan fingerprint density at radius 2 is 1.71 bits per heavy atom. The summed E-state index contributed by atoms with van der Waals surface area (Å²) < 4.78 is 0. The van der Waals surface area contributed by atoms with E-state index in [4.69, 9.17) is 0 Å². The Balaban J connectivity index is 1.98. The van der Waals surface area contributed by atoms with E-state index in [1.807, 2.05) is 0 Å². The van der Waals surface area contributed by atoms with Crippen LogP contribution in [-0.2, 0) is 12.8 Å². The van der Waals surface area contributed by atoms with E-state index in [2.05, 4.69) is 61.5 Å². The number of fused-ring (bicyclic) bond motifs is 1. The zero-order valence-corrected chi connectivity index (χ0v) is 10.1. The van der Waals surface area contributed by atoms with E-state index in [-0.39, 0.29) is 0 Å². The SMILES string of the molecule is Cc1cccc2c1CC=C(c1ccccc1)C2. The van der Waals surface area contributed by atoms with E-state index in [0.29, 0.717) is 0 Å². The third-order valence-corrected chi connectivity index (χ3v) is 3.59. The molecule has 84 valence electrons. The average molecular weight is 220 g/mol. The number of hydrogen-bond donors (Lipinski definition) is 0. The van der Waals surface area contributed by atoms with Gasteiger partial charge in [0.2, 0.25) is 0 Å². The van der Waals surface area contributed by atoms with Gasteiger partial charge in [-0.05, 0) is 47.6 Å². The molecule has 0 heterocycles. The molecule has 1 aliphatic carbocycles. The third-order valence-electron chi connectivity index (χ3n) is 3.59. The van der Waals surface area contributed by atoms with Crippen LogP contribution in [0.3, 0.4) is 0 Å². The first-order valence-electron chi connectivity index (χ1n) is 6.16. The van der Waals surface area contributed by atoms with E-state index >= 15 is 0 Å². The quantitative estimate of drug-likeness (QED) is 0.676. The first-order valence-corrected chi connectivity index (χ1v) is 6.16. The maximum Gasteiger partial charge on any atom is -0.00199 e. The lowest BCUT2D eigenvalue weighted by Crippen LogP contribution is -2.04. The van der Waals surface area contributed by atoms with Crippen LogP contribution in [0.25, 0.3) is 5.57 Å². The van der Waals surface area contributed by atoms with Crippen LogP contribution >= 0.6 is 0 Å². The van der Waals surface area contributed by atoms with Crippen LogP contribution in [0.1, 0.15) is 22.3 Å². The van der Waals surface area contributed by atoms with Gasteiger partial charge in [0.1, 0.15) is 0 Å². The molecule has 17 heavy (non-hydrogen) atoms. The molecular formula is C17H16. The standard InChI is InChI=1S/C17H16/c1-13-6-5-9-16-12-15(10-11-17(13)16)14-7-3-2-4-8-14/h2-10H,11-12H2,1H3. The minimum absolute atomic E-state index is 1.07. The Morgan fingerprint density at radius 3 is 2.53 bits per heavy atom. The summed E-state index contributed by atoms with van der Waals surface area (Å²) in [5.74, 6) is 0. The molecule has 2 aromatic rings. The monoisotopic (exact) mass is 220 g/mol. The highest BCUT2D eigenvalue weighted by molar-refractivity contribution is 5.70. The second-order valence-corrected chi connectivity index (χ2v) is 4.69. The Morgan fingerprint density at radius 1 is 0.882 bits per heavy atom. The normalized spacial score (nSPS) is 14.1. The summed E-state index contributed by atoms with van der Waals surface area (Å²) in [4.78, 5) is 0. The average Bonchev–Trinajstić information content (AvgIpc) is 2.40. The highest BCUT2D eigenvalue weighted by Gasteiger charge is 2.13. The Bertz CT molecular complexity index is 562. The van der Waals surface area contributed by atoms with Crippen molar-refractivity contribution in [2.75, 3.05) is 0 Å². The van der Waals surface area contributed by atoms with Gasteiger partial charge in [-0.3, -0.25) is 0 Å². The fourth-order valence-electron chi connectivity index (χ4n) is 2.60. The minimum atomic E-state index is 1.07. The molecule has 0 saturated carbocycles. The zero-order valence-electron chi connectivity index (χ0n) is 10.1. The second kappa shape index (κ2) is 4.21. The summed E-state index contributed by atoms with van der Waals surface area (Å²) in [5.41, 5.74) is 7.26. The first-order chi connectivity index (χ1) is 8.34. The lowest BCUT2D eigenvalue weighted by atomic mass is 9.86. The highest BCUT2D eigenvalue weighted by Crippen LogP contribution is 2.28. The van der Waals surface area contributed by atoms with Crippen molar-refractivity contribution in [2.24, 2.45) is 0 Å². The molecule has 0 heteroatoms.